The molecule has 0 aliphatic rings. The molecular formula is C18H21N3O2. The van der Waals surface area contributed by atoms with E-state index in [1.165, 1.54) is 5.39 Å². The zero-order chi connectivity index (χ0) is 16.3. The number of hydrogen-bond donors (Lipinski definition) is 1. The summed E-state index contributed by atoms with van der Waals surface area (Å²) in [5, 5.41) is 6.27. The van der Waals surface area contributed by atoms with Gasteiger partial charge in [-0.25, -0.2) is 0 Å². The molecule has 1 heterocycles. The Hall–Kier alpha value is -2.40. The molecule has 0 saturated heterocycles. The number of hydrogen-bond acceptors (Lipinski definition) is 5. The van der Waals surface area contributed by atoms with Crippen molar-refractivity contribution in [1.29, 1.82) is 0 Å². The second-order valence-corrected chi connectivity index (χ2v) is 6.39. The van der Waals surface area contributed by atoms with Crippen LogP contribution in [-0.4, -0.2) is 15.7 Å². The van der Waals surface area contributed by atoms with E-state index in [1.807, 2.05) is 44.2 Å². The third-order valence-electron chi connectivity index (χ3n) is 3.58. The summed E-state index contributed by atoms with van der Waals surface area (Å²) in [5.74, 6) is 1.93. The van der Waals surface area contributed by atoms with Crippen LogP contribution in [0.15, 0.2) is 47.0 Å². The first kappa shape index (κ1) is 15.5. The number of aryl methyl sites for hydroxylation is 1. The summed E-state index contributed by atoms with van der Waals surface area (Å²) in [4.78, 5) is 4.33. The van der Waals surface area contributed by atoms with E-state index < -0.39 is 0 Å². The number of aromatic nitrogens is 2. The van der Waals surface area contributed by atoms with Crippen molar-refractivity contribution in [3.63, 3.8) is 0 Å². The predicted molar refractivity (Wildman–Crippen MR) is 89.2 cm³/mol. The van der Waals surface area contributed by atoms with Gasteiger partial charge in [0.05, 0.1) is 0 Å². The molecule has 0 fully saturated rings. The molecule has 0 aliphatic heterocycles. The second kappa shape index (κ2) is 6.38. The third-order valence-corrected chi connectivity index (χ3v) is 3.58. The van der Waals surface area contributed by atoms with Crippen molar-refractivity contribution < 1.29 is 9.26 Å². The Balaban J connectivity index is 1.60. The van der Waals surface area contributed by atoms with Crippen molar-refractivity contribution in [1.82, 2.24) is 10.1 Å². The van der Waals surface area contributed by atoms with E-state index in [9.17, 15) is 0 Å². The van der Waals surface area contributed by atoms with Crippen LogP contribution in [0.3, 0.4) is 0 Å². The number of benzene rings is 2. The highest BCUT2D eigenvalue weighted by Crippen LogP contribution is 2.21. The van der Waals surface area contributed by atoms with Gasteiger partial charge in [0.15, 0.2) is 6.61 Å². The van der Waals surface area contributed by atoms with Gasteiger partial charge in [-0.05, 0) is 43.2 Å². The summed E-state index contributed by atoms with van der Waals surface area (Å²) in [5.41, 5.74) is 5.72. The molecule has 0 bridgehead atoms. The fourth-order valence-corrected chi connectivity index (χ4v) is 2.28. The average Bonchev–Trinajstić information content (AvgIpc) is 2.98. The van der Waals surface area contributed by atoms with Gasteiger partial charge in [-0.3, -0.25) is 0 Å². The molecule has 0 atom stereocenters. The van der Waals surface area contributed by atoms with Crippen molar-refractivity contribution in [3.8, 4) is 5.75 Å². The molecule has 3 aromatic rings. The van der Waals surface area contributed by atoms with Crippen LogP contribution in [0, 0.1) is 0 Å². The van der Waals surface area contributed by atoms with Crippen molar-refractivity contribution in [2.75, 3.05) is 0 Å². The molecule has 0 radical (unpaired) electrons. The molecule has 120 valence electrons. The van der Waals surface area contributed by atoms with Crippen LogP contribution >= 0.6 is 0 Å². The van der Waals surface area contributed by atoms with E-state index in [-0.39, 0.29) is 12.1 Å². The van der Waals surface area contributed by atoms with Crippen LogP contribution < -0.4 is 10.5 Å². The highest BCUT2D eigenvalue weighted by Gasteiger charge is 2.14. The van der Waals surface area contributed by atoms with Crippen molar-refractivity contribution in [2.24, 2.45) is 5.73 Å². The molecule has 5 heteroatoms. The zero-order valence-corrected chi connectivity index (χ0v) is 13.5. The van der Waals surface area contributed by atoms with Gasteiger partial charge in [-0.1, -0.05) is 35.5 Å². The first-order valence-electron chi connectivity index (χ1n) is 7.72. The van der Waals surface area contributed by atoms with Crippen LogP contribution in [0.1, 0.15) is 32.0 Å². The van der Waals surface area contributed by atoms with Gasteiger partial charge in [-0.2, -0.15) is 4.98 Å². The lowest BCUT2D eigenvalue weighted by Crippen LogP contribution is -2.32. The Morgan fingerprint density at radius 1 is 1.13 bits per heavy atom. The molecule has 0 unspecified atom stereocenters. The number of nitrogens with two attached hydrogens (primary N) is 1. The third kappa shape index (κ3) is 4.29. The SMILES string of the molecule is CC(C)(N)CCc1nc(COc2ccc3ccccc3c2)no1. The van der Waals surface area contributed by atoms with Gasteiger partial charge in [0, 0.05) is 12.0 Å². The van der Waals surface area contributed by atoms with Crippen LogP contribution in [0.25, 0.3) is 10.8 Å². The van der Waals surface area contributed by atoms with Gasteiger partial charge in [0.2, 0.25) is 11.7 Å². The predicted octanol–water partition coefficient (Wildman–Crippen LogP) is 3.47. The standard InChI is InChI=1S/C18H21N3O2/c1-18(2,19)10-9-17-20-16(21-23-17)12-22-15-8-7-13-5-3-4-6-14(13)11-15/h3-8,11H,9-10,12,19H2,1-2H3. The Morgan fingerprint density at radius 3 is 2.70 bits per heavy atom. The number of fused-ring (bicyclic) bond motifs is 1. The van der Waals surface area contributed by atoms with E-state index in [0.717, 1.165) is 17.6 Å². The summed E-state index contributed by atoms with van der Waals surface area (Å²) in [7, 11) is 0. The minimum Gasteiger partial charge on any atom is -0.485 e. The summed E-state index contributed by atoms with van der Waals surface area (Å²) in [6.45, 7) is 4.24. The lowest BCUT2D eigenvalue weighted by Gasteiger charge is -2.16. The van der Waals surface area contributed by atoms with Crippen molar-refractivity contribution >= 4 is 10.8 Å². The first-order valence-corrected chi connectivity index (χ1v) is 7.72. The minimum atomic E-state index is -0.240. The van der Waals surface area contributed by atoms with Crippen LogP contribution in [-0.2, 0) is 13.0 Å². The summed E-state index contributed by atoms with van der Waals surface area (Å²) in [6, 6.07) is 14.2. The molecular weight excluding hydrogens is 290 g/mol. The lowest BCUT2D eigenvalue weighted by atomic mass is 10.0. The maximum atomic E-state index is 5.96. The quantitative estimate of drug-likeness (QED) is 0.754. The largest absolute Gasteiger partial charge is 0.485 e. The number of nitrogens with zero attached hydrogens (tertiary/aromatic N) is 2. The molecule has 1 aromatic heterocycles. The van der Waals surface area contributed by atoms with Crippen molar-refractivity contribution in [3.05, 3.63) is 54.2 Å². The Kier molecular flexibility index (Phi) is 4.30. The summed E-state index contributed by atoms with van der Waals surface area (Å²) >= 11 is 0. The average molecular weight is 311 g/mol. The van der Waals surface area contributed by atoms with Gasteiger partial charge in [-0.15, -0.1) is 0 Å². The second-order valence-electron chi connectivity index (χ2n) is 6.39. The molecule has 0 saturated carbocycles. The molecule has 5 nitrogen and oxygen atoms in total. The summed E-state index contributed by atoms with van der Waals surface area (Å²) < 4.78 is 11.0. The number of ether oxygens (including phenoxy) is 1. The highest BCUT2D eigenvalue weighted by atomic mass is 16.5. The van der Waals surface area contributed by atoms with Crippen LogP contribution in [0.4, 0.5) is 0 Å². The lowest BCUT2D eigenvalue weighted by molar-refractivity contribution is 0.285. The molecule has 0 spiro atoms. The topological polar surface area (TPSA) is 74.2 Å². The normalized spacial score (nSPS) is 11.8. The molecule has 23 heavy (non-hydrogen) atoms. The van der Waals surface area contributed by atoms with Crippen molar-refractivity contribution in [2.45, 2.75) is 38.8 Å². The molecule has 0 aliphatic carbocycles. The van der Waals surface area contributed by atoms with E-state index in [4.69, 9.17) is 15.0 Å². The maximum absolute atomic E-state index is 5.96. The number of rotatable bonds is 6. The minimum absolute atomic E-state index is 0.240. The Bertz CT molecular complexity index is 790. The monoisotopic (exact) mass is 311 g/mol. The Morgan fingerprint density at radius 2 is 1.91 bits per heavy atom. The summed E-state index contributed by atoms with van der Waals surface area (Å²) in [6.07, 6.45) is 1.46. The van der Waals surface area contributed by atoms with Gasteiger partial charge < -0.3 is 15.0 Å². The van der Waals surface area contributed by atoms with E-state index in [0.29, 0.717) is 18.1 Å². The zero-order valence-electron chi connectivity index (χ0n) is 13.5. The van der Waals surface area contributed by atoms with Gasteiger partial charge >= 0.3 is 0 Å². The van der Waals surface area contributed by atoms with E-state index in [2.05, 4.69) is 22.3 Å². The first-order chi connectivity index (χ1) is 11.0. The maximum Gasteiger partial charge on any atom is 0.226 e. The van der Waals surface area contributed by atoms with Crippen LogP contribution in [0.2, 0.25) is 0 Å². The smallest absolute Gasteiger partial charge is 0.226 e. The van der Waals surface area contributed by atoms with E-state index >= 15 is 0 Å². The molecule has 0 amide bonds. The van der Waals surface area contributed by atoms with Gasteiger partial charge in [0.1, 0.15) is 5.75 Å². The fraction of sp³-hybridized carbons (Fsp3) is 0.333. The Labute approximate surface area is 135 Å². The highest BCUT2D eigenvalue weighted by molar-refractivity contribution is 5.83. The van der Waals surface area contributed by atoms with E-state index in [1.54, 1.807) is 0 Å². The van der Waals surface area contributed by atoms with Crippen LogP contribution in [0.5, 0.6) is 5.75 Å². The molecule has 3 rings (SSSR count). The van der Waals surface area contributed by atoms with Gasteiger partial charge in [0.25, 0.3) is 0 Å². The molecule has 2 aromatic carbocycles. The fourth-order valence-electron chi connectivity index (χ4n) is 2.28. The molecule has 2 N–H and O–H groups in total.